The van der Waals surface area contributed by atoms with Crippen molar-refractivity contribution in [3.63, 3.8) is 0 Å². The number of hydrogen-bond acceptors (Lipinski definition) is 6. The Morgan fingerprint density at radius 1 is 1.43 bits per heavy atom. The summed E-state index contributed by atoms with van der Waals surface area (Å²) in [5.41, 5.74) is 1.19. The van der Waals surface area contributed by atoms with Gasteiger partial charge in [-0.25, -0.2) is 0 Å². The maximum Gasteiger partial charge on any atom is 0.255 e. The normalized spacial score (nSPS) is 22.0. The van der Waals surface area contributed by atoms with E-state index in [4.69, 9.17) is 9.26 Å². The summed E-state index contributed by atoms with van der Waals surface area (Å²) >= 11 is 0. The van der Waals surface area contributed by atoms with Gasteiger partial charge < -0.3 is 14.6 Å². The molecule has 2 aromatic rings. The smallest absolute Gasteiger partial charge is 0.255 e. The Morgan fingerprint density at radius 2 is 2.33 bits per heavy atom. The molecular formula is C14H21N5O2. The predicted molar refractivity (Wildman–Crippen MR) is 75.5 cm³/mol. The summed E-state index contributed by atoms with van der Waals surface area (Å²) in [7, 11) is 0. The molecule has 0 amide bonds. The minimum atomic E-state index is -0.0563. The van der Waals surface area contributed by atoms with E-state index in [0.29, 0.717) is 11.7 Å². The fourth-order valence-corrected chi connectivity index (χ4v) is 2.64. The van der Waals surface area contributed by atoms with Gasteiger partial charge in [0.2, 0.25) is 0 Å². The highest BCUT2D eigenvalue weighted by atomic mass is 16.5. The van der Waals surface area contributed by atoms with Crippen LogP contribution in [0, 0.1) is 6.92 Å². The van der Waals surface area contributed by atoms with Gasteiger partial charge in [0.25, 0.3) is 5.89 Å². The first-order chi connectivity index (χ1) is 10.3. The quantitative estimate of drug-likeness (QED) is 0.871. The molecule has 0 saturated carbocycles. The molecule has 0 spiro atoms. The molecule has 3 rings (SSSR count). The first-order valence-corrected chi connectivity index (χ1v) is 7.43. The minimum Gasteiger partial charge on any atom is -0.364 e. The molecule has 7 nitrogen and oxygen atoms in total. The molecule has 1 aliphatic rings. The van der Waals surface area contributed by atoms with E-state index in [0.717, 1.165) is 32.5 Å². The van der Waals surface area contributed by atoms with Gasteiger partial charge in [-0.3, -0.25) is 4.68 Å². The molecule has 2 atom stereocenters. The Balaban J connectivity index is 1.45. The van der Waals surface area contributed by atoms with Crippen LogP contribution in [0.4, 0.5) is 0 Å². The fraction of sp³-hybridized carbons (Fsp3) is 0.643. The first kappa shape index (κ1) is 14.2. The zero-order valence-corrected chi connectivity index (χ0v) is 12.5. The van der Waals surface area contributed by atoms with Crippen LogP contribution in [0.25, 0.3) is 0 Å². The highest BCUT2D eigenvalue weighted by molar-refractivity contribution is 5.00. The number of nitrogens with one attached hydrogen (secondary N) is 1. The molecule has 0 bridgehead atoms. The van der Waals surface area contributed by atoms with Gasteiger partial charge in [-0.2, -0.15) is 10.1 Å². The molecule has 2 aromatic heterocycles. The Hall–Kier alpha value is -1.73. The van der Waals surface area contributed by atoms with Crippen LogP contribution in [0.2, 0.25) is 0 Å². The number of hydrogen-bond donors (Lipinski definition) is 1. The summed E-state index contributed by atoms with van der Waals surface area (Å²) in [6.45, 7) is 6.42. The van der Waals surface area contributed by atoms with Crippen LogP contribution in [0.15, 0.2) is 16.8 Å². The second-order valence-corrected chi connectivity index (χ2v) is 5.27. The summed E-state index contributed by atoms with van der Waals surface area (Å²) in [6.07, 6.45) is 3.91. The monoisotopic (exact) mass is 291 g/mol. The van der Waals surface area contributed by atoms with Gasteiger partial charge in [-0.15, -0.1) is 0 Å². The van der Waals surface area contributed by atoms with Gasteiger partial charge in [0.05, 0.1) is 11.8 Å². The molecule has 0 aromatic carbocycles. The van der Waals surface area contributed by atoms with Crippen molar-refractivity contribution in [3.05, 3.63) is 29.7 Å². The van der Waals surface area contributed by atoms with Crippen LogP contribution < -0.4 is 5.32 Å². The van der Waals surface area contributed by atoms with E-state index < -0.39 is 0 Å². The van der Waals surface area contributed by atoms with E-state index in [9.17, 15) is 0 Å². The average Bonchev–Trinajstić information content (AvgIpc) is 3.19. The molecule has 7 heteroatoms. The number of aryl methyl sites for hydroxylation is 2. The molecule has 114 valence electrons. The zero-order chi connectivity index (χ0) is 14.7. The van der Waals surface area contributed by atoms with E-state index in [-0.39, 0.29) is 12.2 Å². The minimum absolute atomic E-state index is 0.0563. The van der Waals surface area contributed by atoms with Gasteiger partial charge in [-0.05, 0) is 32.8 Å². The summed E-state index contributed by atoms with van der Waals surface area (Å²) in [4.78, 5) is 4.24. The highest BCUT2D eigenvalue weighted by Crippen LogP contribution is 2.31. The van der Waals surface area contributed by atoms with Crippen LogP contribution in [-0.2, 0) is 17.8 Å². The summed E-state index contributed by atoms with van der Waals surface area (Å²) < 4.78 is 13.1. The van der Waals surface area contributed by atoms with E-state index in [1.165, 1.54) is 5.69 Å². The number of nitrogens with zero attached hydrogens (tertiary/aromatic N) is 4. The van der Waals surface area contributed by atoms with Gasteiger partial charge in [0.15, 0.2) is 5.82 Å². The second-order valence-electron chi connectivity index (χ2n) is 5.27. The third-order valence-electron chi connectivity index (χ3n) is 3.71. The summed E-state index contributed by atoms with van der Waals surface area (Å²) in [6, 6.07) is 2.04. The Morgan fingerprint density at radius 3 is 3.10 bits per heavy atom. The molecule has 0 radical (unpaired) electrons. The van der Waals surface area contributed by atoms with Crippen LogP contribution in [0.3, 0.4) is 0 Å². The highest BCUT2D eigenvalue weighted by Gasteiger charge is 2.30. The van der Waals surface area contributed by atoms with Crippen LogP contribution in [-0.4, -0.2) is 32.6 Å². The van der Waals surface area contributed by atoms with Crippen molar-refractivity contribution < 1.29 is 9.26 Å². The molecule has 1 fully saturated rings. The Bertz CT molecular complexity index is 579. The van der Waals surface area contributed by atoms with E-state index in [2.05, 4.69) is 27.5 Å². The van der Waals surface area contributed by atoms with Crippen molar-refractivity contribution in [2.75, 3.05) is 6.54 Å². The summed E-state index contributed by atoms with van der Waals surface area (Å²) in [5.74, 6) is 1.25. The molecule has 1 N–H and O–H groups in total. The van der Waals surface area contributed by atoms with Crippen molar-refractivity contribution in [1.29, 1.82) is 0 Å². The number of ether oxygens (including phenoxy) is 1. The summed E-state index contributed by atoms with van der Waals surface area (Å²) in [5, 5.41) is 11.5. The van der Waals surface area contributed by atoms with Crippen LogP contribution in [0.5, 0.6) is 0 Å². The number of rotatable bonds is 6. The van der Waals surface area contributed by atoms with Gasteiger partial charge >= 0.3 is 0 Å². The largest absolute Gasteiger partial charge is 0.364 e. The van der Waals surface area contributed by atoms with Crippen molar-refractivity contribution in [1.82, 2.24) is 25.2 Å². The molecule has 3 heterocycles. The first-order valence-electron chi connectivity index (χ1n) is 7.43. The Labute approximate surface area is 123 Å². The number of aromatic nitrogens is 4. The lowest BCUT2D eigenvalue weighted by molar-refractivity contribution is 0.0263. The molecular weight excluding hydrogens is 270 g/mol. The lowest BCUT2D eigenvalue weighted by Crippen LogP contribution is -2.27. The van der Waals surface area contributed by atoms with Crippen molar-refractivity contribution in [2.24, 2.45) is 0 Å². The standard InChI is InChI=1S/C14H21N5O2/c1-3-19-11(6-7-16-19)8-15-9-12-4-5-13(20-12)14-17-10(2)18-21-14/h6-7,12-13,15H,3-5,8-9H2,1-2H3/t12-,13+/m1/s1. The van der Waals surface area contributed by atoms with Crippen molar-refractivity contribution in [2.45, 2.75) is 52.0 Å². The Kier molecular flexibility index (Phi) is 4.31. The topological polar surface area (TPSA) is 78.0 Å². The maximum absolute atomic E-state index is 5.96. The van der Waals surface area contributed by atoms with E-state index in [1.54, 1.807) is 0 Å². The second kappa shape index (κ2) is 6.36. The molecule has 0 aliphatic carbocycles. The van der Waals surface area contributed by atoms with Crippen molar-refractivity contribution >= 4 is 0 Å². The molecule has 21 heavy (non-hydrogen) atoms. The van der Waals surface area contributed by atoms with Crippen molar-refractivity contribution in [3.8, 4) is 0 Å². The lowest BCUT2D eigenvalue weighted by Gasteiger charge is -2.13. The fourth-order valence-electron chi connectivity index (χ4n) is 2.64. The lowest BCUT2D eigenvalue weighted by atomic mass is 10.2. The predicted octanol–water partition coefficient (Wildman–Crippen LogP) is 1.60. The van der Waals surface area contributed by atoms with Gasteiger partial charge in [0, 0.05) is 25.8 Å². The van der Waals surface area contributed by atoms with Gasteiger partial charge in [0.1, 0.15) is 6.10 Å². The maximum atomic E-state index is 5.96. The zero-order valence-electron chi connectivity index (χ0n) is 12.5. The average molecular weight is 291 g/mol. The van der Waals surface area contributed by atoms with E-state index >= 15 is 0 Å². The molecule has 1 aliphatic heterocycles. The SMILES string of the molecule is CCn1nccc1CNC[C@H]1CC[C@@H](c2nc(C)no2)O1. The van der Waals surface area contributed by atoms with Crippen LogP contribution in [0.1, 0.15) is 43.3 Å². The van der Waals surface area contributed by atoms with Gasteiger partial charge in [-0.1, -0.05) is 5.16 Å². The third-order valence-corrected chi connectivity index (χ3v) is 3.71. The van der Waals surface area contributed by atoms with Crippen LogP contribution >= 0.6 is 0 Å². The molecule has 1 saturated heterocycles. The molecule has 0 unspecified atom stereocenters. The van der Waals surface area contributed by atoms with E-state index in [1.807, 2.05) is 23.9 Å². The third kappa shape index (κ3) is 3.30.